The minimum Gasteiger partial charge on any atom is -0.192 e. The molecule has 2 nitrogen and oxygen atoms in total. The largest absolute Gasteiger partial charge is 0.192 e. The maximum Gasteiger partial charge on any atom is 0.101 e. The molecule has 0 spiro atoms. The highest BCUT2D eigenvalue weighted by molar-refractivity contribution is 5.59. The van der Waals surface area contributed by atoms with E-state index in [9.17, 15) is 10.5 Å². The van der Waals surface area contributed by atoms with Gasteiger partial charge in [-0.15, -0.1) is 0 Å². The van der Waals surface area contributed by atoms with Gasteiger partial charge in [-0.05, 0) is 90.1 Å². The van der Waals surface area contributed by atoms with Gasteiger partial charge in [-0.2, -0.15) is 10.5 Å². The highest BCUT2D eigenvalue weighted by Crippen LogP contribution is 2.49. The van der Waals surface area contributed by atoms with Gasteiger partial charge in [0.15, 0.2) is 0 Å². The van der Waals surface area contributed by atoms with E-state index in [1.807, 2.05) is 6.07 Å². The highest BCUT2D eigenvalue weighted by Gasteiger charge is 2.34. The molecular formula is C42H36N2. The van der Waals surface area contributed by atoms with Crippen LogP contribution in [0.1, 0.15) is 116 Å². The first-order valence-electron chi connectivity index (χ1n) is 15.8. The van der Waals surface area contributed by atoms with Crippen LogP contribution in [0.4, 0.5) is 0 Å². The molecule has 0 saturated carbocycles. The number of aryl methyl sites for hydroxylation is 2. The Morgan fingerprint density at radius 3 is 1.30 bits per heavy atom. The predicted molar refractivity (Wildman–Crippen MR) is 177 cm³/mol. The molecule has 4 atom stereocenters. The quantitative estimate of drug-likeness (QED) is 0.217. The van der Waals surface area contributed by atoms with Crippen molar-refractivity contribution in [1.29, 1.82) is 10.5 Å². The second-order valence-electron chi connectivity index (χ2n) is 12.7. The molecule has 0 aromatic heterocycles. The Bertz CT molecular complexity index is 1920. The summed E-state index contributed by atoms with van der Waals surface area (Å²) >= 11 is 0. The van der Waals surface area contributed by atoms with Gasteiger partial charge in [-0.3, -0.25) is 0 Å². The number of fused-ring (bicyclic) bond motifs is 2. The molecule has 4 unspecified atom stereocenters. The Hall–Kier alpha value is -4.92. The van der Waals surface area contributed by atoms with Gasteiger partial charge in [0, 0.05) is 23.7 Å². The molecule has 44 heavy (non-hydrogen) atoms. The molecule has 0 fully saturated rings. The molecule has 0 saturated heterocycles. The standard InChI is InChI=1S/C42H36N2/c1-27-11-15-29(16-12-27)33-19-20-35(38-9-4-3-7-36(33)38)31-23-32(25-43)42(26-44)41(24-31)40-22-21-34(30-17-13-28(2)14-18-30)37-8-5-6-10-39(37)40/h3-18,23-24,33-35,40H,19-22H2,1-2H3. The third kappa shape index (κ3) is 4.92. The Morgan fingerprint density at radius 1 is 0.455 bits per heavy atom. The van der Waals surface area contributed by atoms with E-state index in [-0.39, 0.29) is 11.8 Å². The highest BCUT2D eigenvalue weighted by atomic mass is 14.4. The molecule has 0 amide bonds. The summed E-state index contributed by atoms with van der Waals surface area (Å²) in [5.41, 5.74) is 13.8. The monoisotopic (exact) mass is 568 g/mol. The van der Waals surface area contributed by atoms with Crippen LogP contribution in [0.5, 0.6) is 0 Å². The molecule has 0 radical (unpaired) electrons. The van der Waals surface area contributed by atoms with Gasteiger partial charge < -0.3 is 0 Å². The van der Waals surface area contributed by atoms with Gasteiger partial charge >= 0.3 is 0 Å². The summed E-state index contributed by atoms with van der Waals surface area (Å²) in [6.07, 6.45) is 4.00. The van der Waals surface area contributed by atoms with E-state index >= 15 is 0 Å². The van der Waals surface area contributed by atoms with Gasteiger partial charge in [0.1, 0.15) is 12.1 Å². The maximum absolute atomic E-state index is 10.4. The van der Waals surface area contributed by atoms with Crippen LogP contribution in [0.25, 0.3) is 0 Å². The van der Waals surface area contributed by atoms with Crippen LogP contribution in [0.3, 0.4) is 0 Å². The number of hydrogen-bond donors (Lipinski definition) is 0. The maximum atomic E-state index is 10.4. The van der Waals surface area contributed by atoms with Crippen LogP contribution in [-0.2, 0) is 0 Å². The summed E-state index contributed by atoms with van der Waals surface area (Å²) < 4.78 is 0. The molecule has 0 bridgehead atoms. The van der Waals surface area contributed by atoms with Crippen LogP contribution in [0.15, 0.2) is 109 Å². The fraction of sp³-hybridized carbons (Fsp3) is 0.238. The van der Waals surface area contributed by atoms with Crippen molar-refractivity contribution in [3.8, 4) is 12.1 Å². The van der Waals surface area contributed by atoms with E-state index in [0.29, 0.717) is 23.0 Å². The number of benzene rings is 5. The summed E-state index contributed by atoms with van der Waals surface area (Å²) in [4.78, 5) is 0. The summed E-state index contributed by atoms with van der Waals surface area (Å²) in [5, 5.41) is 20.7. The molecule has 5 aromatic rings. The van der Waals surface area contributed by atoms with Crippen molar-refractivity contribution < 1.29 is 0 Å². The van der Waals surface area contributed by atoms with Crippen molar-refractivity contribution in [2.75, 3.05) is 0 Å². The van der Waals surface area contributed by atoms with Crippen molar-refractivity contribution >= 4 is 0 Å². The molecule has 7 rings (SSSR count). The van der Waals surface area contributed by atoms with Crippen molar-refractivity contribution in [2.24, 2.45) is 0 Å². The fourth-order valence-electron chi connectivity index (χ4n) is 7.92. The Labute approximate surface area is 261 Å². The number of rotatable bonds is 4. The number of nitriles is 2. The first kappa shape index (κ1) is 27.9. The zero-order valence-electron chi connectivity index (χ0n) is 25.4. The minimum absolute atomic E-state index is 0.0775. The van der Waals surface area contributed by atoms with Gasteiger partial charge in [-0.1, -0.05) is 114 Å². The molecule has 2 aliphatic carbocycles. The van der Waals surface area contributed by atoms with Gasteiger partial charge in [0.05, 0.1) is 11.1 Å². The average Bonchev–Trinajstić information content (AvgIpc) is 3.07. The molecule has 214 valence electrons. The average molecular weight is 569 g/mol. The van der Waals surface area contributed by atoms with E-state index in [2.05, 4.69) is 129 Å². The smallest absolute Gasteiger partial charge is 0.101 e. The number of nitrogens with zero attached hydrogens (tertiary/aromatic N) is 2. The Morgan fingerprint density at radius 2 is 0.864 bits per heavy atom. The molecule has 0 heterocycles. The van der Waals surface area contributed by atoms with Gasteiger partial charge in [0.25, 0.3) is 0 Å². The fourth-order valence-corrected chi connectivity index (χ4v) is 7.92. The van der Waals surface area contributed by atoms with Crippen LogP contribution in [-0.4, -0.2) is 0 Å². The summed E-state index contributed by atoms with van der Waals surface area (Å²) in [5.74, 6) is 0.954. The molecule has 5 aromatic carbocycles. The normalized spacial score (nSPS) is 20.5. The van der Waals surface area contributed by atoms with E-state index in [0.717, 1.165) is 36.8 Å². The van der Waals surface area contributed by atoms with Crippen LogP contribution >= 0.6 is 0 Å². The SMILES string of the molecule is Cc1ccc(C2CCC(c3cc(C#N)c(C#N)c(C4CCC(c5ccc(C)cc5)c5ccccc54)c3)c3ccccc32)cc1. The minimum atomic E-state index is 0.0775. The van der Waals surface area contributed by atoms with E-state index in [1.54, 1.807) is 0 Å². The third-order valence-electron chi connectivity index (χ3n) is 10.1. The lowest BCUT2D eigenvalue weighted by Crippen LogP contribution is -2.19. The van der Waals surface area contributed by atoms with Crippen LogP contribution in [0, 0.1) is 36.5 Å². The first-order valence-corrected chi connectivity index (χ1v) is 15.8. The van der Waals surface area contributed by atoms with Gasteiger partial charge in [0.2, 0.25) is 0 Å². The zero-order valence-corrected chi connectivity index (χ0v) is 25.4. The lowest BCUT2D eigenvalue weighted by molar-refractivity contribution is 0.556. The topological polar surface area (TPSA) is 47.6 Å². The number of hydrogen-bond acceptors (Lipinski definition) is 2. The molecular weight excluding hydrogens is 532 g/mol. The Balaban J connectivity index is 1.32. The van der Waals surface area contributed by atoms with Crippen molar-refractivity contribution in [3.63, 3.8) is 0 Å². The molecule has 2 aliphatic rings. The molecule has 0 N–H and O–H groups in total. The zero-order chi connectivity index (χ0) is 30.2. The predicted octanol–water partition coefficient (Wildman–Crippen LogP) is 10.2. The summed E-state index contributed by atoms with van der Waals surface area (Å²) in [6.45, 7) is 4.27. The second-order valence-corrected chi connectivity index (χ2v) is 12.7. The van der Waals surface area contributed by atoms with Crippen molar-refractivity contribution in [3.05, 3.63) is 176 Å². The summed E-state index contributed by atoms with van der Waals surface area (Å²) in [6, 6.07) is 44.6. The van der Waals surface area contributed by atoms with Crippen LogP contribution < -0.4 is 0 Å². The lowest BCUT2D eigenvalue weighted by atomic mass is 9.69. The van der Waals surface area contributed by atoms with E-state index in [4.69, 9.17) is 0 Å². The van der Waals surface area contributed by atoms with Crippen molar-refractivity contribution in [1.82, 2.24) is 0 Å². The van der Waals surface area contributed by atoms with Crippen molar-refractivity contribution in [2.45, 2.75) is 63.2 Å². The third-order valence-corrected chi connectivity index (χ3v) is 10.1. The molecule has 2 heteroatoms. The first-order chi connectivity index (χ1) is 21.6. The van der Waals surface area contributed by atoms with Crippen LogP contribution in [0.2, 0.25) is 0 Å². The molecule has 0 aliphatic heterocycles. The second kappa shape index (κ2) is 11.6. The van der Waals surface area contributed by atoms with E-state index in [1.165, 1.54) is 44.5 Å². The van der Waals surface area contributed by atoms with E-state index < -0.39 is 0 Å². The Kier molecular flexibility index (Phi) is 7.37. The lowest BCUT2D eigenvalue weighted by Gasteiger charge is -2.35. The van der Waals surface area contributed by atoms with Gasteiger partial charge in [-0.25, -0.2) is 0 Å². The summed E-state index contributed by atoms with van der Waals surface area (Å²) in [7, 11) is 0.